The molecular weight excluding hydrogens is 278 g/mol. The first-order valence-electron chi connectivity index (χ1n) is 6.09. The zero-order valence-electron chi connectivity index (χ0n) is 10.9. The number of hydrogen-bond acceptors (Lipinski definition) is 4. The quantitative estimate of drug-likeness (QED) is 0.516. The molecule has 3 rings (SSSR count). The van der Waals surface area contributed by atoms with Crippen molar-refractivity contribution < 1.29 is 8.95 Å². The SMILES string of the molecule is COCCN(N)/C=c1\[nH]c2c3c(cccc13)NS(=O)N=2. The lowest BCUT2D eigenvalue weighted by Crippen LogP contribution is -2.31. The van der Waals surface area contributed by atoms with Crippen molar-refractivity contribution in [2.45, 2.75) is 0 Å². The van der Waals surface area contributed by atoms with Gasteiger partial charge in [0.15, 0.2) is 5.49 Å². The van der Waals surface area contributed by atoms with Gasteiger partial charge in [-0.2, -0.15) is 0 Å². The van der Waals surface area contributed by atoms with Crippen LogP contribution in [0.15, 0.2) is 22.6 Å². The standard InChI is InChI=1S/C12H15N5O2S/c1-19-6-5-17(13)7-10-8-3-2-4-9-11(8)12(14-10)16-20(18)15-9/h2-4,7,15H,5-6,13H2,1H3,(H,14,16)/b10-7-. The average molecular weight is 293 g/mol. The third kappa shape index (κ3) is 2.28. The van der Waals surface area contributed by atoms with Gasteiger partial charge in [-0.05, 0) is 6.07 Å². The summed E-state index contributed by atoms with van der Waals surface area (Å²) in [6.07, 6.45) is 1.79. The molecule has 0 bridgehead atoms. The van der Waals surface area contributed by atoms with Gasteiger partial charge in [0.25, 0.3) is 0 Å². The highest BCUT2D eigenvalue weighted by molar-refractivity contribution is 7.85. The van der Waals surface area contributed by atoms with Crippen LogP contribution in [-0.4, -0.2) is 34.5 Å². The van der Waals surface area contributed by atoms with Gasteiger partial charge in [0.1, 0.15) is 0 Å². The second-order valence-electron chi connectivity index (χ2n) is 4.42. The van der Waals surface area contributed by atoms with E-state index in [9.17, 15) is 4.21 Å². The normalized spacial score (nSPS) is 17.9. The molecule has 1 aromatic heterocycles. The van der Waals surface area contributed by atoms with Crippen LogP contribution in [0.25, 0.3) is 17.0 Å². The maximum Gasteiger partial charge on any atom is 0.245 e. The molecule has 1 aromatic carbocycles. The number of anilines is 1. The molecule has 0 radical (unpaired) electrons. The number of aromatic amines is 1. The van der Waals surface area contributed by atoms with Gasteiger partial charge >= 0.3 is 0 Å². The summed E-state index contributed by atoms with van der Waals surface area (Å²) in [7, 11) is 1.63. The Kier molecular flexibility index (Phi) is 3.43. The Hall–Kier alpha value is -1.90. The number of hydrogen-bond donors (Lipinski definition) is 3. The molecule has 2 aromatic rings. The summed E-state index contributed by atoms with van der Waals surface area (Å²) in [6, 6.07) is 5.75. The van der Waals surface area contributed by atoms with Gasteiger partial charge in [-0.15, -0.1) is 4.40 Å². The van der Waals surface area contributed by atoms with Gasteiger partial charge in [-0.3, -0.25) is 4.72 Å². The third-order valence-corrected chi connectivity index (χ3v) is 3.81. The molecular formula is C12H15N5O2S. The van der Waals surface area contributed by atoms with E-state index in [1.807, 2.05) is 18.2 Å². The molecule has 2 heterocycles. The van der Waals surface area contributed by atoms with Crippen molar-refractivity contribution in [3.63, 3.8) is 0 Å². The smallest absolute Gasteiger partial charge is 0.245 e. The summed E-state index contributed by atoms with van der Waals surface area (Å²) in [5.74, 6) is 5.89. The molecule has 0 spiro atoms. The number of nitrogens with one attached hydrogen (secondary N) is 2. The Labute approximate surface area is 117 Å². The van der Waals surface area contributed by atoms with Crippen LogP contribution < -0.4 is 21.4 Å². The summed E-state index contributed by atoms with van der Waals surface area (Å²) >= 11 is -1.45. The Morgan fingerprint density at radius 3 is 3.20 bits per heavy atom. The van der Waals surface area contributed by atoms with E-state index in [0.29, 0.717) is 18.6 Å². The fourth-order valence-corrected chi connectivity index (χ4v) is 2.88. The van der Waals surface area contributed by atoms with E-state index in [1.165, 1.54) is 0 Å². The molecule has 1 unspecified atom stereocenters. The minimum atomic E-state index is -1.45. The molecule has 8 heteroatoms. The van der Waals surface area contributed by atoms with Crippen molar-refractivity contribution in [1.82, 2.24) is 9.99 Å². The molecule has 4 N–H and O–H groups in total. The fraction of sp³-hybridized carbons (Fsp3) is 0.250. The van der Waals surface area contributed by atoms with Crippen molar-refractivity contribution in [3.05, 3.63) is 29.0 Å². The highest BCUT2D eigenvalue weighted by Gasteiger charge is 2.14. The Bertz CT molecular complexity index is 785. The number of nitrogens with two attached hydrogens (primary N) is 1. The van der Waals surface area contributed by atoms with Crippen LogP contribution >= 0.6 is 0 Å². The topological polar surface area (TPSA) is 95.7 Å². The number of nitrogens with zero attached hydrogens (tertiary/aromatic N) is 2. The fourth-order valence-electron chi connectivity index (χ4n) is 2.17. The minimum absolute atomic E-state index is 0.541. The maximum absolute atomic E-state index is 11.6. The lowest BCUT2D eigenvalue weighted by atomic mass is 10.2. The van der Waals surface area contributed by atoms with Crippen LogP contribution in [0.2, 0.25) is 0 Å². The molecule has 0 fully saturated rings. The van der Waals surface area contributed by atoms with Crippen molar-refractivity contribution in [3.8, 4) is 0 Å². The van der Waals surface area contributed by atoms with Crippen molar-refractivity contribution in [2.24, 2.45) is 10.2 Å². The zero-order chi connectivity index (χ0) is 14.1. The second kappa shape index (κ2) is 5.23. The van der Waals surface area contributed by atoms with E-state index in [-0.39, 0.29) is 0 Å². The van der Waals surface area contributed by atoms with Crippen molar-refractivity contribution in [2.75, 3.05) is 25.0 Å². The molecule has 0 saturated carbocycles. The predicted molar refractivity (Wildman–Crippen MR) is 78.1 cm³/mol. The Balaban J connectivity index is 2.15. The summed E-state index contributed by atoms with van der Waals surface area (Å²) in [6.45, 7) is 1.12. The molecule has 20 heavy (non-hydrogen) atoms. The Morgan fingerprint density at radius 1 is 1.55 bits per heavy atom. The van der Waals surface area contributed by atoms with E-state index < -0.39 is 11.2 Å². The summed E-state index contributed by atoms with van der Waals surface area (Å²) < 4.78 is 23.5. The lowest BCUT2D eigenvalue weighted by molar-refractivity contribution is 0.175. The summed E-state index contributed by atoms with van der Waals surface area (Å²) in [5.41, 5.74) is 1.42. The van der Waals surface area contributed by atoms with Crippen LogP contribution in [0.4, 0.5) is 5.69 Å². The summed E-state index contributed by atoms with van der Waals surface area (Å²) in [4.78, 5) is 3.15. The van der Waals surface area contributed by atoms with E-state index in [1.54, 1.807) is 18.3 Å². The first-order valence-corrected chi connectivity index (χ1v) is 7.20. The molecule has 0 aliphatic carbocycles. The molecule has 1 aliphatic heterocycles. The number of rotatable bonds is 4. The number of hydrazine groups is 1. The Morgan fingerprint density at radius 2 is 2.40 bits per heavy atom. The first-order chi connectivity index (χ1) is 9.69. The monoisotopic (exact) mass is 293 g/mol. The van der Waals surface area contributed by atoms with Gasteiger partial charge in [0.05, 0.1) is 29.6 Å². The zero-order valence-corrected chi connectivity index (χ0v) is 11.7. The van der Waals surface area contributed by atoms with Gasteiger partial charge in [0.2, 0.25) is 11.2 Å². The van der Waals surface area contributed by atoms with E-state index in [4.69, 9.17) is 10.6 Å². The molecule has 106 valence electrons. The first kappa shape index (κ1) is 13.1. The number of ether oxygens (including phenoxy) is 1. The van der Waals surface area contributed by atoms with Crippen molar-refractivity contribution in [1.29, 1.82) is 0 Å². The van der Waals surface area contributed by atoms with Crippen LogP contribution in [0.1, 0.15) is 0 Å². The molecule has 7 nitrogen and oxygen atoms in total. The van der Waals surface area contributed by atoms with Gasteiger partial charge in [-0.1, -0.05) is 12.1 Å². The van der Waals surface area contributed by atoms with Crippen LogP contribution in [0.3, 0.4) is 0 Å². The lowest BCUT2D eigenvalue weighted by Gasteiger charge is -2.11. The van der Waals surface area contributed by atoms with E-state index in [2.05, 4.69) is 14.1 Å². The molecule has 1 atom stereocenters. The third-order valence-electron chi connectivity index (χ3n) is 3.06. The van der Waals surface area contributed by atoms with Crippen LogP contribution in [0.5, 0.6) is 0 Å². The molecule has 0 saturated heterocycles. The van der Waals surface area contributed by atoms with Crippen LogP contribution in [0, 0.1) is 0 Å². The van der Waals surface area contributed by atoms with Crippen LogP contribution in [-0.2, 0) is 15.9 Å². The van der Waals surface area contributed by atoms with Gasteiger partial charge in [-0.25, -0.2) is 10.1 Å². The second-order valence-corrected chi connectivity index (χ2v) is 5.30. The average Bonchev–Trinajstić information content (AvgIpc) is 2.76. The van der Waals surface area contributed by atoms with Gasteiger partial charge < -0.3 is 14.7 Å². The largest absolute Gasteiger partial charge is 0.383 e. The predicted octanol–water partition coefficient (Wildman–Crippen LogP) is -0.648. The maximum atomic E-state index is 11.6. The minimum Gasteiger partial charge on any atom is -0.383 e. The molecule has 1 aliphatic rings. The van der Waals surface area contributed by atoms with E-state index in [0.717, 1.165) is 21.8 Å². The number of methoxy groups -OCH3 is 1. The number of H-pyrrole nitrogens is 1. The van der Waals surface area contributed by atoms with E-state index >= 15 is 0 Å². The highest BCUT2D eigenvalue weighted by Crippen LogP contribution is 2.20. The number of benzene rings is 1. The highest BCUT2D eigenvalue weighted by atomic mass is 32.2. The van der Waals surface area contributed by atoms with Crippen molar-refractivity contribution >= 4 is 33.8 Å². The molecule has 0 amide bonds. The van der Waals surface area contributed by atoms with Gasteiger partial charge in [0, 0.05) is 18.7 Å². The summed E-state index contributed by atoms with van der Waals surface area (Å²) in [5, 5.41) is 4.30. The number of aromatic nitrogens is 1.